The highest BCUT2D eigenvalue weighted by atomic mass is 16.7. The van der Waals surface area contributed by atoms with Gasteiger partial charge in [-0.05, 0) is 29.8 Å². The van der Waals surface area contributed by atoms with Gasteiger partial charge in [0.25, 0.3) is 5.69 Å². The molecule has 120 valence electrons. The number of nitrogens with one attached hydrogen (secondary N) is 2. The van der Waals surface area contributed by atoms with E-state index in [-0.39, 0.29) is 12.5 Å². The molecule has 0 spiro atoms. The average molecular weight is 315 g/mol. The van der Waals surface area contributed by atoms with Gasteiger partial charge in [-0.3, -0.25) is 10.1 Å². The summed E-state index contributed by atoms with van der Waals surface area (Å²) in [5.41, 5.74) is 2.08. The molecule has 23 heavy (non-hydrogen) atoms. The van der Waals surface area contributed by atoms with Crippen molar-refractivity contribution in [1.29, 1.82) is 0 Å². The predicted molar refractivity (Wildman–Crippen MR) is 85.9 cm³/mol. The highest BCUT2D eigenvalue weighted by Crippen LogP contribution is 2.32. The van der Waals surface area contributed by atoms with Crippen LogP contribution < -0.4 is 20.1 Å². The Morgan fingerprint density at radius 3 is 2.61 bits per heavy atom. The second-order valence-corrected chi connectivity index (χ2v) is 5.10. The van der Waals surface area contributed by atoms with Crippen LogP contribution in [0.15, 0.2) is 42.5 Å². The molecule has 3 rings (SSSR count). The SMILES string of the molecule is O=[N+]([O-])c1ccc(NCCNCc2ccc3c(c2)OCO3)cc1. The van der Waals surface area contributed by atoms with Gasteiger partial charge in [0.05, 0.1) is 4.92 Å². The predicted octanol–water partition coefficient (Wildman–Crippen LogP) is 2.53. The van der Waals surface area contributed by atoms with Crippen molar-refractivity contribution in [2.75, 3.05) is 25.2 Å². The van der Waals surface area contributed by atoms with Crippen LogP contribution in [0.2, 0.25) is 0 Å². The maximum atomic E-state index is 10.6. The van der Waals surface area contributed by atoms with Gasteiger partial charge >= 0.3 is 0 Å². The smallest absolute Gasteiger partial charge is 0.269 e. The Bertz CT molecular complexity index is 688. The molecule has 0 amide bonds. The maximum Gasteiger partial charge on any atom is 0.269 e. The van der Waals surface area contributed by atoms with Gasteiger partial charge in [-0.1, -0.05) is 6.07 Å². The molecule has 0 aromatic heterocycles. The summed E-state index contributed by atoms with van der Waals surface area (Å²) < 4.78 is 10.6. The summed E-state index contributed by atoms with van der Waals surface area (Å²) in [5.74, 6) is 1.57. The van der Waals surface area contributed by atoms with E-state index in [1.807, 2.05) is 18.2 Å². The lowest BCUT2D eigenvalue weighted by Crippen LogP contribution is -2.21. The van der Waals surface area contributed by atoms with Crippen LogP contribution in [0.25, 0.3) is 0 Å². The van der Waals surface area contributed by atoms with E-state index in [9.17, 15) is 10.1 Å². The molecule has 7 heteroatoms. The van der Waals surface area contributed by atoms with Crippen molar-refractivity contribution in [3.8, 4) is 11.5 Å². The first kappa shape index (κ1) is 15.1. The number of nitro benzene ring substituents is 1. The lowest BCUT2D eigenvalue weighted by Gasteiger charge is -2.08. The van der Waals surface area contributed by atoms with Crippen molar-refractivity contribution in [2.24, 2.45) is 0 Å². The van der Waals surface area contributed by atoms with E-state index in [0.717, 1.165) is 42.4 Å². The molecule has 1 aliphatic heterocycles. The minimum absolute atomic E-state index is 0.0940. The summed E-state index contributed by atoms with van der Waals surface area (Å²) in [6.07, 6.45) is 0. The molecule has 0 saturated carbocycles. The number of ether oxygens (including phenoxy) is 2. The standard InChI is InChI=1S/C16H17N3O4/c20-19(21)14-4-2-13(3-5-14)18-8-7-17-10-12-1-6-15-16(9-12)23-11-22-15/h1-6,9,17-18H,7-8,10-11H2. The Morgan fingerprint density at radius 2 is 1.83 bits per heavy atom. The normalized spacial score (nSPS) is 12.2. The van der Waals surface area contributed by atoms with Crippen molar-refractivity contribution in [2.45, 2.75) is 6.54 Å². The first-order valence-electron chi connectivity index (χ1n) is 7.30. The van der Waals surface area contributed by atoms with E-state index in [2.05, 4.69) is 10.6 Å². The number of hydrogen-bond donors (Lipinski definition) is 2. The molecule has 0 radical (unpaired) electrons. The van der Waals surface area contributed by atoms with Gasteiger partial charge in [0, 0.05) is 37.5 Å². The molecule has 2 aromatic rings. The van der Waals surface area contributed by atoms with Crippen molar-refractivity contribution in [1.82, 2.24) is 5.32 Å². The van der Waals surface area contributed by atoms with Crippen LogP contribution in [0.4, 0.5) is 11.4 Å². The molecule has 0 saturated heterocycles. The molecule has 7 nitrogen and oxygen atoms in total. The van der Waals surface area contributed by atoms with Crippen LogP contribution in [0, 0.1) is 10.1 Å². The van der Waals surface area contributed by atoms with Crippen LogP contribution in [0.3, 0.4) is 0 Å². The Kier molecular flexibility index (Phi) is 4.58. The van der Waals surface area contributed by atoms with Gasteiger partial charge in [-0.2, -0.15) is 0 Å². The molecule has 2 aromatic carbocycles. The first-order chi connectivity index (χ1) is 11.2. The van der Waals surface area contributed by atoms with Crippen LogP contribution in [-0.4, -0.2) is 24.8 Å². The van der Waals surface area contributed by atoms with Crippen molar-refractivity contribution in [3.05, 3.63) is 58.1 Å². The molecule has 0 unspecified atom stereocenters. The lowest BCUT2D eigenvalue weighted by molar-refractivity contribution is -0.384. The van der Waals surface area contributed by atoms with Gasteiger partial charge in [-0.15, -0.1) is 0 Å². The molecule has 0 atom stereocenters. The van der Waals surface area contributed by atoms with Crippen molar-refractivity contribution < 1.29 is 14.4 Å². The molecule has 0 bridgehead atoms. The fraction of sp³-hybridized carbons (Fsp3) is 0.250. The van der Waals surface area contributed by atoms with Crippen LogP contribution >= 0.6 is 0 Å². The molecule has 1 heterocycles. The fourth-order valence-electron chi connectivity index (χ4n) is 2.28. The van der Waals surface area contributed by atoms with Crippen molar-refractivity contribution in [3.63, 3.8) is 0 Å². The summed E-state index contributed by atoms with van der Waals surface area (Å²) in [6, 6.07) is 12.3. The number of nitrogens with zero attached hydrogens (tertiary/aromatic N) is 1. The zero-order valence-electron chi connectivity index (χ0n) is 12.5. The average Bonchev–Trinajstić information content (AvgIpc) is 3.02. The van der Waals surface area contributed by atoms with E-state index < -0.39 is 4.92 Å². The Balaban J connectivity index is 1.39. The number of hydrogen-bond acceptors (Lipinski definition) is 6. The topological polar surface area (TPSA) is 85.7 Å². The van der Waals surface area contributed by atoms with E-state index in [1.165, 1.54) is 12.1 Å². The van der Waals surface area contributed by atoms with Gasteiger partial charge in [0.1, 0.15) is 0 Å². The lowest BCUT2D eigenvalue weighted by atomic mass is 10.2. The summed E-state index contributed by atoms with van der Waals surface area (Å²) >= 11 is 0. The van der Waals surface area contributed by atoms with E-state index >= 15 is 0 Å². The summed E-state index contributed by atoms with van der Waals surface area (Å²) in [7, 11) is 0. The number of rotatable bonds is 7. The fourth-order valence-corrected chi connectivity index (χ4v) is 2.28. The molecule has 0 aliphatic carbocycles. The Labute approximate surface area is 133 Å². The molecule has 2 N–H and O–H groups in total. The largest absolute Gasteiger partial charge is 0.454 e. The monoisotopic (exact) mass is 315 g/mol. The second kappa shape index (κ2) is 6.97. The quantitative estimate of drug-likeness (QED) is 0.464. The van der Waals surface area contributed by atoms with Crippen LogP contribution in [0.5, 0.6) is 11.5 Å². The third kappa shape index (κ3) is 3.89. The van der Waals surface area contributed by atoms with E-state index in [0.29, 0.717) is 0 Å². The number of anilines is 1. The van der Waals surface area contributed by atoms with Crippen LogP contribution in [-0.2, 0) is 6.54 Å². The van der Waals surface area contributed by atoms with Crippen molar-refractivity contribution >= 4 is 11.4 Å². The third-order valence-corrected chi connectivity index (χ3v) is 3.48. The number of fused-ring (bicyclic) bond motifs is 1. The highest BCUT2D eigenvalue weighted by molar-refractivity contribution is 5.48. The number of benzene rings is 2. The molecule has 1 aliphatic rings. The summed E-state index contributed by atoms with van der Waals surface area (Å²) in [5, 5.41) is 17.1. The zero-order valence-corrected chi connectivity index (χ0v) is 12.5. The third-order valence-electron chi connectivity index (χ3n) is 3.48. The molecule has 0 fully saturated rings. The second-order valence-electron chi connectivity index (χ2n) is 5.10. The molecular weight excluding hydrogens is 298 g/mol. The Morgan fingerprint density at radius 1 is 1.04 bits per heavy atom. The zero-order chi connectivity index (χ0) is 16.1. The van der Waals surface area contributed by atoms with Gasteiger partial charge in [0.2, 0.25) is 6.79 Å². The van der Waals surface area contributed by atoms with Crippen LogP contribution in [0.1, 0.15) is 5.56 Å². The summed E-state index contributed by atoms with van der Waals surface area (Å²) in [4.78, 5) is 10.2. The minimum atomic E-state index is -0.406. The van der Waals surface area contributed by atoms with Gasteiger partial charge in [-0.25, -0.2) is 0 Å². The maximum absolute atomic E-state index is 10.6. The summed E-state index contributed by atoms with van der Waals surface area (Å²) in [6.45, 7) is 2.51. The number of nitro groups is 1. The number of non-ortho nitro benzene ring substituents is 1. The van der Waals surface area contributed by atoms with Gasteiger partial charge in [0.15, 0.2) is 11.5 Å². The highest BCUT2D eigenvalue weighted by Gasteiger charge is 2.12. The first-order valence-corrected chi connectivity index (χ1v) is 7.30. The van der Waals surface area contributed by atoms with E-state index in [1.54, 1.807) is 12.1 Å². The van der Waals surface area contributed by atoms with E-state index in [4.69, 9.17) is 9.47 Å². The van der Waals surface area contributed by atoms with Gasteiger partial charge < -0.3 is 20.1 Å². The Hall–Kier alpha value is -2.80. The molecular formula is C16H17N3O4. The minimum Gasteiger partial charge on any atom is -0.454 e.